The van der Waals surface area contributed by atoms with E-state index in [1.165, 1.54) is 12.8 Å². The first-order chi connectivity index (χ1) is 10.7. The van der Waals surface area contributed by atoms with Gasteiger partial charge in [0.2, 0.25) is 0 Å². The molecule has 116 valence electrons. The fourth-order valence-electron chi connectivity index (χ4n) is 2.89. The van der Waals surface area contributed by atoms with Crippen molar-refractivity contribution in [1.29, 1.82) is 0 Å². The van der Waals surface area contributed by atoms with Crippen LogP contribution in [0.4, 0.5) is 5.82 Å². The Morgan fingerprint density at radius 3 is 2.68 bits per heavy atom. The molecule has 1 saturated carbocycles. The molecule has 2 aromatic rings. The lowest BCUT2D eigenvalue weighted by atomic mass is 10.1. The van der Waals surface area contributed by atoms with E-state index in [1.807, 2.05) is 13.1 Å². The Labute approximate surface area is 130 Å². The Bertz CT molecular complexity index is 643. The van der Waals surface area contributed by atoms with Gasteiger partial charge in [0.05, 0.1) is 11.9 Å². The monoisotopic (exact) mass is 299 g/mol. The molecule has 0 bridgehead atoms. The highest BCUT2D eigenvalue weighted by molar-refractivity contribution is 5.42. The number of likely N-dealkylation sites (N-methyl/N-ethyl adjacent to an activating group) is 1. The summed E-state index contributed by atoms with van der Waals surface area (Å²) in [7, 11) is 2.15. The highest BCUT2D eigenvalue weighted by Gasteiger charge is 2.32. The minimum absolute atomic E-state index is 0.541. The quantitative estimate of drug-likeness (QED) is 0.841. The van der Waals surface area contributed by atoms with Gasteiger partial charge in [0.25, 0.3) is 0 Å². The number of aromatic nitrogens is 3. The predicted octanol–water partition coefficient (Wildman–Crippen LogP) is 1.97. The van der Waals surface area contributed by atoms with Gasteiger partial charge < -0.3 is 9.42 Å². The maximum atomic E-state index is 5.12. The summed E-state index contributed by atoms with van der Waals surface area (Å²) in [5, 5.41) is 12.6. The highest BCUT2D eigenvalue weighted by atomic mass is 16.5. The Balaban J connectivity index is 1.32. The van der Waals surface area contributed by atoms with Gasteiger partial charge in [0, 0.05) is 37.2 Å². The molecular weight excluding hydrogens is 278 g/mol. The second-order valence-corrected chi connectivity index (χ2v) is 6.47. The Hall–Kier alpha value is -1.95. The molecule has 0 amide bonds. The second kappa shape index (κ2) is 5.35. The molecule has 0 spiro atoms. The van der Waals surface area contributed by atoms with Gasteiger partial charge in [-0.3, -0.25) is 4.90 Å². The first kappa shape index (κ1) is 13.7. The molecule has 0 atom stereocenters. The largest absolute Gasteiger partial charge is 0.361 e. The maximum absolute atomic E-state index is 5.12. The summed E-state index contributed by atoms with van der Waals surface area (Å²) in [6.07, 6.45) is 4.35. The lowest BCUT2D eigenvalue weighted by molar-refractivity contribution is 0.195. The zero-order valence-corrected chi connectivity index (χ0v) is 13.1. The zero-order valence-electron chi connectivity index (χ0n) is 13.1. The van der Waals surface area contributed by atoms with Crippen LogP contribution in [-0.4, -0.2) is 46.4 Å². The molecule has 0 unspecified atom stereocenters. The van der Waals surface area contributed by atoms with Crippen LogP contribution in [0.3, 0.4) is 0 Å². The molecule has 1 aliphatic heterocycles. The standard InChI is InChI=1S/C16H21N5O/c1-11-13(7-17-22-11)8-20(2)14-9-21(10-14)16-6-5-15(18-19-16)12-3-4-12/h5-7,12,14H,3-4,8-10H2,1-2H3. The fourth-order valence-corrected chi connectivity index (χ4v) is 2.89. The number of hydrogen-bond acceptors (Lipinski definition) is 6. The molecule has 0 aromatic carbocycles. The van der Waals surface area contributed by atoms with Crippen molar-refractivity contribution in [2.75, 3.05) is 25.0 Å². The lowest BCUT2D eigenvalue weighted by Crippen LogP contribution is -2.58. The summed E-state index contributed by atoms with van der Waals surface area (Å²) >= 11 is 0. The van der Waals surface area contributed by atoms with E-state index in [-0.39, 0.29) is 0 Å². The molecule has 1 aliphatic carbocycles. The van der Waals surface area contributed by atoms with Gasteiger partial charge >= 0.3 is 0 Å². The number of aryl methyl sites for hydroxylation is 1. The smallest absolute Gasteiger partial charge is 0.151 e. The van der Waals surface area contributed by atoms with Gasteiger partial charge in [-0.1, -0.05) is 5.16 Å². The van der Waals surface area contributed by atoms with Crippen molar-refractivity contribution >= 4 is 5.82 Å². The van der Waals surface area contributed by atoms with E-state index in [9.17, 15) is 0 Å². The molecule has 2 fully saturated rings. The molecular formula is C16H21N5O. The Kier molecular flexibility index (Phi) is 3.33. The number of rotatable bonds is 5. The average molecular weight is 299 g/mol. The normalized spacial score (nSPS) is 18.8. The summed E-state index contributed by atoms with van der Waals surface area (Å²) in [6, 6.07) is 4.79. The van der Waals surface area contributed by atoms with Crippen LogP contribution in [0.25, 0.3) is 0 Å². The van der Waals surface area contributed by atoms with Crippen LogP contribution in [0.5, 0.6) is 0 Å². The van der Waals surface area contributed by atoms with Gasteiger partial charge in [-0.25, -0.2) is 0 Å². The Morgan fingerprint density at radius 1 is 1.27 bits per heavy atom. The minimum Gasteiger partial charge on any atom is -0.361 e. The van der Waals surface area contributed by atoms with Crippen molar-refractivity contribution in [3.8, 4) is 0 Å². The van der Waals surface area contributed by atoms with E-state index >= 15 is 0 Å². The summed E-state index contributed by atoms with van der Waals surface area (Å²) in [6.45, 7) is 4.83. The summed E-state index contributed by atoms with van der Waals surface area (Å²) in [5.41, 5.74) is 2.32. The molecule has 4 rings (SSSR count). The van der Waals surface area contributed by atoms with E-state index in [1.54, 1.807) is 0 Å². The van der Waals surface area contributed by atoms with Crippen molar-refractivity contribution in [2.45, 2.75) is 38.3 Å². The van der Waals surface area contributed by atoms with Crippen molar-refractivity contribution in [1.82, 2.24) is 20.3 Å². The Morgan fingerprint density at radius 2 is 2.09 bits per heavy atom. The number of nitrogens with zero attached hydrogens (tertiary/aromatic N) is 5. The van der Waals surface area contributed by atoms with E-state index in [2.05, 4.69) is 44.3 Å². The molecule has 0 radical (unpaired) electrons. The molecule has 1 saturated heterocycles. The fraction of sp³-hybridized carbons (Fsp3) is 0.562. The molecule has 3 heterocycles. The zero-order chi connectivity index (χ0) is 15.1. The lowest BCUT2D eigenvalue weighted by Gasteiger charge is -2.44. The third-order valence-electron chi connectivity index (χ3n) is 4.75. The van der Waals surface area contributed by atoms with Gasteiger partial charge in [-0.15, -0.1) is 5.10 Å². The first-order valence-corrected chi connectivity index (χ1v) is 7.89. The molecule has 0 N–H and O–H groups in total. The van der Waals surface area contributed by atoms with Crippen LogP contribution in [0, 0.1) is 6.92 Å². The van der Waals surface area contributed by atoms with Crippen molar-refractivity contribution < 1.29 is 4.52 Å². The molecule has 6 nitrogen and oxygen atoms in total. The van der Waals surface area contributed by atoms with Crippen molar-refractivity contribution in [2.24, 2.45) is 0 Å². The first-order valence-electron chi connectivity index (χ1n) is 7.89. The predicted molar refractivity (Wildman–Crippen MR) is 82.7 cm³/mol. The topological polar surface area (TPSA) is 58.3 Å². The van der Waals surface area contributed by atoms with Crippen LogP contribution in [0.2, 0.25) is 0 Å². The van der Waals surface area contributed by atoms with Gasteiger partial charge in [-0.2, -0.15) is 5.10 Å². The van der Waals surface area contributed by atoms with Crippen molar-refractivity contribution in [3.63, 3.8) is 0 Å². The summed E-state index contributed by atoms with van der Waals surface area (Å²) in [4.78, 5) is 4.63. The second-order valence-electron chi connectivity index (χ2n) is 6.47. The minimum atomic E-state index is 0.541. The third-order valence-corrected chi connectivity index (χ3v) is 4.75. The van der Waals surface area contributed by atoms with Gasteiger partial charge in [-0.05, 0) is 38.9 Å². The van der Waals surface area contributed by atoms with Gasteiger partial charge in [0.15, 0.2) is 5.82 Å². The average Bonchev–Trinajstić information content (AvgIpc) is 3.24. The van der Waals surface area contributed by atoms with Crippen LogP contribution in [0.1, 0.15) is 35.8 Å². The van der Waals surface area contributed by atoms with E-state index in [0.717, 1.165) is 42.5 Å². The SMILES string of the molecule is Cc1oncc1CN(C)C1CN(c2ccc(C3CC3)nn2)C1. The molecule has 2 aliphatic rings. The van der Waals surface area contributed by atoms with E-state index in [0.29, 0.717) is 12.0 Å². The molecule has 2 aromatic heterocycles. The van der Waals surface area contributed by atoms with Crippen molar-refractivity contribution in [3.05, 3.63) is 35.3 Å². The summed E-state index contributed by atoms with van der Waals surface area (Å²) < 4.78 is 5.12. The maximum Gasteiger partial charge on any atom is 0.151 e. The van der Waals surface area contributed by atoms with E-state index in [4.69, 9.17) is 4.52 Å². The van der Waals surface area contributed by atoms with E-state index < -0.39 is 0 Å². The summed E-state index contributed by atoms with van der Waals surface area (Å²) in [5.74, 6) is 2.57. The van der Waals surface area contributed by atoms with Crippen LogP contribution in [0.15, 0.2) is 22.9 Å². The molecule has 6 heteroatoms. The van der Waals surface area contributed by atoms with Crippen LogP contribution < -0.4 is 4.90 Å². The van der Waals surface area contributed by atoms with Crippen LogP contribution >= 0.6 is 0 Å². The molecule has 22 heavy (non-hydrogen) atoms. The van der Waals surface area contributed by atoms with Gasteiger partial charge in [0.1, 0.15) is 5.76 Å². The highest BCUT2D eigenvalue weighted by Crippen LogP contribution is 2.38. The number of hydrogen-bond donors (Lipinski definition) is 0. The third kappa shape index (κ3) is 2.59. The van der Waals surface area contributed by atoms with Crippen LogP contribution in [-0.2, 0) is 6.54 Å². The number of anilines is 1.